The lowest BCUT2D eigenvalue weighted by Crippen LogP contribution is -2.22. The first-order valence-corrected chi connectivity index (χ1v) is 7.79. The molecule has 1 aromatic carbocycles. The minimum atomic E-state index is 0.331. The van der Waals surface area contributed by atoms with Crippen molar-refractivity contribution in [3.05, 3.63) is 56.8 Å². The van der Waals surface area contributed by atoms with Gasteiger partial charge in [-0.1, -0.05) is 36.2 Å². The quantitative estimate of drug-likeness (QED) is 0.828. The van der Waals surface area contributed by atoms with E-state index >= 15 is 0 Å². The highest BCUT2D eigenvalue weighted by Gasteiger charge is 2.15. The zero-order valence-electron chi connectivity index (χ0n) is 12.3. The fraction of sp³-hybridized carbons (Fsp3) is 0.412. The van der Waals surface area contributed by atoms with Crippen LogP contribution in [0.3, 0.4) is 0 Å². The Morgan fingerprint density at radius 3 is 2.26 bits per heavy atom. The fourth-order valence-corrected chi connectivity index (χ4v) is 3.44. The highest BCUT2D eigenvalue weighted by molar-refractivity contribution is 7.12. The molecule has 0 amide bonds. The van der Waals surface area contributed by atoms with E-state index < -0.39 is 0 Å². The van der Waals surface area contributed by atoms with Gasteiger partial charge < -0.3 is 5.32 Å². The minimum Gasteiger partial charge on any atom is -0.306 e. The molecule has 1 heterocycles. The molecule has 0 bridgehead atoms. The molecule has 0 fully saturated rings. The Hall–Kier alpha value is -1.12. The van der Waals surface area contributed by atoms with Crippen molar-refractivity contribution >= 4 is 11.3 Å². The Morgan fingerprint density at radius 2 is 1.74 bits per heavy atom. The molecule has 0 radical (unpaired) electrons. The lowest BCUT2D eigenvalue weighted by atomic mass is 10.00. The van der Waals surface area contributed by atoms with Gasteiger partial charge in [-0.2, -0.15) is 0 Å². The molecular formula is C17H23NS. The lowest BCUT2D eigenvalue weighted by Gasteiger charge is -2.19. The van der Waals surface area contributed by atoms with Crippen molar-refractivity contribution in [2.24, 2.45) is 0 Å². The smallest absolute Gasteiger partial charge is 0.0671 e. The second kappa shape index (κ2) is 6.36. The molecule has 19 heavy (non-hydrogen) atoms. The largest absolute Gasteiger partial charge is 0.306 e. The van der Waals surface area contributed by atoms with E-state index in [0.717, 1.165) is 13.0 Å². The van der Waals surface area contributed by atoms with Crippen LogP contribution in [0.1, 0.15) is 45.8 Å². The second-order valence-corrected chi connectivity index (χ2v) is 6.58. The van der Waals surface area contributed by atoms with Crippen LogP contribution in [0.25, 0.3) is 0 Å². The topological polar surface area (TPSA) is 12.0 Å². The van der Waals surface area contributed by atoms with Gasteiger partial charge in [-0.3, -0.25) is 0 Å². The maximum atomic E-state index is 3.68. The zero-order valence-corrected chi connectivity index (χ0v) is 13.1. The monoisotopic (exact) mass is 273 g/mol. The average molecular weight is 273 g/mol. The van der Waals surface area contributed by atoms with Gasteiger partial charge >= 0.3 is 0 Å². The van der Waals surface area contributed by atoms with Gasteiger partial charge in [-0.05, 0) is 51.4 Å². The molecule has 2 heteroatoms. The number of aryl methyl sites for hydroxylation is 3. The first kappa shape index (κ1) is 14.3. The summed E-state index contributed by atoms with van der Waals surface area (Å²) in [5, 5.41) is 3.68. The summed E-state index contributed by atoms with van der Waals surface area (Å²) in [6.45, 7) is 9.78. The molecule has 2 rings (SSSR count). The van der Waals surface area contributed by atoms with Crippen LogP contribution >= 0.6 is 11.3 Å². The molecule has 1 unspecified atom stereocenters. The predicted octanol–water partition coefficient (Wildman–Crippen LogP) is 4.76. The molecule has 0 aliphatic rings. The first-order valence-electron chi connectivity index (χ1n) is 6.98. The van der Waals surface area contributed by atoms with Crippen LogP contribution in [0, 0.1) is 20.8 Å². The number of benzene rings is 1. The third kappa shape index (κ3) is 3.68. The molecule has 102 valence electrons. The molecule has 0 spiro atoms. The molecule has 2 aromatic rings. The summed E-state index contributed by atoms with van der Waals surface area (Å²) in [7, 11) is 0. The van der Waals surface area contributed by atoms with E-state index in [4.69, 9.17) is 0 Å². The van der Waals surface area contributed by atoms with E-state index in [1.54, 1.807) is 0 Å². The van der Waals surface area contributed by atoms with Gasteiger partial charge in [0.15, 0.2) is 0 Å². The summed E-state index contributed by atoms with van der Waals surface area (Å²) in [6.07, 6.45) is 1.16. The van der Waals surface area contributed by atoms with Crippen molar-refractivity contribution in [3.8, 4) is 0 Å². The minimum absolute atomic E-state index is 0.331. The molecule has 0 aliphatic carbocycles. The third-order valence-electron chi connectivity index (χ3n) is 3.22. The summed E-state index contributed by atoms with van der Waals surface area (Å²) in [4.78, 5) is 2.79. The summed E-state index contributed by atoms with van der Waals surface area (Å²) in [5.41, 5.74) is 4.06. The van der Waals surface area contributed by atoms with Crippen LogP contribution in [-0.2, 0) is 0 Å². The normalized spacial score (nSPS) is 12.6. The van der Waals surface area contributed by atoms with Gasteiger partial charge in [0.2, 0.25) is 0 Å². The average Bonchev–Trinajstić information content (AvgIpc) is 2.75. The first-order chi connectivity index (χ1) is 9.10. The van der Waals surface area contributed by atoms with Crippen LogP contribution in [0.2, 0.25) is 0 Å². The standard InChI is InChI=1S/C17H23NS/c1-5-8-18-17(16-7-6-14(4)19-16)15-10-12(2)9-13(3)11-15/h6-7,9-11,17-18H,5,8H2,1-4H3. The van der Waals surface area contributed by atoms with Gasteiger partial charge in [0.1, 0.15) is 0 Å². The van der Waals surface area contributed by atoms with Crippen molar-refractivity contribution in [2.75, 3.05) is 6.54 Å². The van der Waals surface area contributed by atoms with Crippen molar-refractivity contribution < 1.29 is 0 Å². The van der Waals surface area contributed by atoms with Gasteiger partial charge in [0.25, 0.3) is 0 Å². The van der Waals surface area contributed by atoms with Crippen LogP contribution < -0.4 is 5.32 Å². The number of nitrogens with one attached hydrogen (secondary N) is 1. The van der Waals surface area contributed by atoms with E-state index in [-0.39, 0.29) is 0 Å². The van der Waals surface area contributed by atoms with Gasteiger partial charge in [0, 0.05) is 9.75 Å². The highest BCUT2D eigenvalue weighted by atomic mass is 32.1. The van der Waals surface area contributed by atoms with E-state index in [9.17, 15) is 0 Å². The molecule has 1 atom stereocenters. The maximum Gasteiger partial charge on any atom is 0.0671 e. The lowest BCUT2D eigenvalue weighted by molar-refractivity contribution is 0.605. The van der Waals surface area contributed by atoms with Gasteiger partial charge in [-0.25, -0.2) is 0 Å². The number of rotatable bonds is 5. The van der Waals surface area contributed by atoms with Crippen molar-refractivity contribution in [2.45, 2.75) is 40.2 Å². The summed E-state index contributed by atoms with van der Waals surface area (Å²) < 4.78 is 0. The van der Waals surface area contributed by atoms with Crippen LogP contribution in [0.15, 0.2) is 30.3 Å². The molecule has 0 saturated carbocycles. The Bertz CT molecular complexity index is 522. The predicted molar refractivity (Wildman–Crippen MR) is 85.1 cm³/mol. The van der Waals surface area contributed by atoms with E-state index in [1.165, 1.54) is 26.4 Å². The number of hydrogen-bond acceptors (Lipinski definition) is 2. The molecule has 1 nitrogen and oxygen atoms in total. The zero-order chi connectivity index (χ0) is 13.8. The van der Waals surface area contributed by atoms with Gasteiger partial charge in [-0.15, -0.1) is 11.3 Å². The van der Waals surface area contributed by atoms with E-state index in [1.807, 2.05) is 11.3 Å². The van der Waals surface area contributed by atoms with Crippen molar-refractivity contribution in [1.29, 1.82) is 0 Å². The van der Waals surface area contributed by atoms with Crippen LogP contribution in [0.5, 0.6) is 0 Å². The Morgan fingerprint density at radius 1 is 1.05 bits per heavy atom. The van der Waals surface area contributed by atoms with E-state index in [0.29, 0.717) is 6.04 Å². The molecule has 1 aromatic heterocycles. The summed E-state index contributed by atoms with van der Waals surface area (Å²) in [6, 6.07) is 11.6. The highest BCUT2D eigenvalue weighted by Crippen LogP contribution is 2.29. The summed E-state index contributed by atoms with van der Waals surface area (Å²) >= 11 is 1.89. The molecular weight excluding hydrogens is 250 g/mol. The van der Waals surface area contributed by atoms with E-state index in [2.05, 4.69) is 63.3 Å². The second-order valence-electron chi connectivity index (χ2n) is 5.26. The Kier molecular flexibility index (Phi) is 4.78. The molecule has 0 aliphatic heterocycles. The van der Waals surface area contributed by atoms with Gasteiger partial charge in [0.05, 0.1) is 6.04 Å². The van der Waals surface area contributed by atoms with Crippen molar-refractivity contribution in [3.63, 3.8) is 0 Å². The number of hydrogen-bond donors (Lipinski definition) is 1. The summed E-state index contributed by atoms with van der Waals surface area (Å²) in [5.74, 6) is 0. The number of thiophene rings is 1. The van der Waals surface area contributed by atoms with Crippen LogP contribution in [-0.4, -0.2) is 6.54 Å². The fourth-order valence-electron chi connectivity index (χ4n) is 2.46. The van der Waals surface area contributed by atoms with Crippen molar-refractivity contribution in [1.82, 2.24) is 5.32 Å². The molecule has 0 saturated heterocycles. The SMILES string of the molecule is CCCNC(c1cc(C)cc(C)c1)c1ccc(C)s1. The Labute approximate surface area is 120 Å². The maximum absolute atomic E-state index is 3.68. The van der Waals surface area contributed by atoms with Crippen LogP contribution in [0.4, 0.5) is 0 Å². The third-order valence-corrected chi connectivity index (χ3v) is 4.29. The molecule has 1 N–H and O–H groups in total. The Balaban J connectivity index is 2.36.